The summed E-state index contributed by atoms with van der Waals surface area (Å²) in [5.74, 6) is 0.0433. The maximum absolute atomic E-state index is 14.8. The minimum atomic E-state index is -0.624. The van der Waals surface area contributed by atoms with Crippen LogP contribution in [0.15, 0.2) is 71.5 Å². The van der Waals surface area contributed by atoms with E-state index in [2.05, 4.69) is 0 Å². The molecule has 0 amide bonds. The van der Waals surface area contributed by atoms with E-state index in [-0.39, 0.29) is 23.8 Å². The lowest BCUT2D eigenvalue weighted by molar-refractivity contribution is -0.106. The van der Waals surface area contributed by atoms with Crippen molar-refractivity contribution in [3.05, 3.63) is 88.5 Å². The zero-order chi connectivity index (χ0) is 23.7. The van der Waals surface area contributed by atoms with Crippen LogP contribution in [0.1, 0.15) is 31.2 Å². The Morgan fingerprint density at radius 1 is 1.03 bits per heavy atom. The average Bonchev–Trinajstić information content (AvgIpc) is 3.67. The molecule has 2 aromatic heterocycles. The van der Waals surface area contributed by atoms with E-state index in [1.54, 1.807) is 31.3 Å². The highest BCUT2D eigenvalue weighted by Crippen LogP contribution is 2.57. The predicted molar refractivity (Wildman–Crippen MR) is 138 cm³/mol. The second kappa shape index (κ2) is 8.26. The van der Waals surface area contributed by atoms with Crippen LogP contribution in [0.2, 0.25) is 0 Å². The molecule has 35 heavy (non-hydrogen) atoms. The van der Waals surface area contributed by atoms with Gasteiger partial charge in [0.1, 0.15) is 5.82 Å². The van der Waals surface area contributed by atoms with Gasteiger partial charge in [-0.2, -0.15) is 0 Å². The van der Waals surface area contributed by atoms with E-state index in [0.717, 1.165) is 24.0 Å². The standard InChI is InChI=1S/C28H26FN3O2.ClH/c1-32-24-14-21(20-4-2-3-5-22(20)29)26(31-23(24)12-13-25(32)33)17-6-8-18(9-7-17)27(30)15-28(34,16-27)19-10-11-19;/h2-9,12-14,19,34H,10-11,15-16,30H2,1H3;1H/t27-,28-;. The van der Waals surface area contributed by atoms with Crippen LogP contribution in [0.3, 0.4) is 0 Å². The van der Waals surface area contributed by atoms with Crippen LogP contribution in [0.25, 0.3) is 33.4 Å². The lowest BCUT2D eigenvalue weighted by Crippen LogP contribution is -2.60. The molecule has 4 aromatic rings. The van der Waals surface area contributed by atoms with Gasteiger partial charge in [0, 0.05) is 35.3 Å². The van der Waals surface area contributed by atoms with E-state index < -0.39 is 11.1 Å². The molecule has 6 rings (SSSR count). The Kier molecular flexibility index (Phi) is 5.59. The largest absolute Gasteiger partial charge is 0.389 e. The molecule has 2 heterocycles. The number of hydrogen-bond donors (Lipinski definition) is 2. The van der Waals surface area contributed by atoms with E-state index in [1.165, 1.54) is 16.7 Å². The molecule has 0 aliphatic heterocycles. The van der Waals surface area contributed by atoms with Gasteiger partial charge in [0.15, 0.2) is 0 Å². The summed E-state index contributed by atoms with van der Waals surface area (Å²) in [6, 6.07) is 19.5. The van der Waals surface area contributed by atoms with Crippen LogP contribution in [-0.2, 0) is 12.6 Å². The Hall–Kier alpha value is -3.06. The molecule has 0 bridgehead atoms. The molecule has 5 nitrogen and oxygen atoms in total. The molecule has 0 atom stereocenters. The number of aryl methyl sites for hydroxylation is 1. The summed E-state index contributed by atoms with van der Waals surface area (Å²) >= 11 is 0. The fourth-order valence-corrected chi connectivity index (χ4v) is 5.51. The molecule has 0 spiro atoms. The monoisotopic (exact) mass is 491 g/mol. The van der Waals surface area contributed by atoms with Gasteiger partial charge in [-0.25, -0.2) is 9.37 Å². The summed E-state index contributed by atoms with van der Waals surface area (Å²) in [6.07, 6.45) is 3.33. The number of hydrogen-bond acceptors (Lipinski definition) is 4. The predicted octanol–water partition coefficient (Wildman–Crippen LogP) is 4.92. The first-order valence-electron chi connectivity index (χ1n) is 11.7. The highest BCUT2D eigenvalue weighted by molar-refractivity contribution is 5.90. The van der Waals surface area contributed by atoms with Gasteiger partial charge >= 0.3 is 0 Å². The van der Waals surface area contributed by atoms with Gasteiger partial charge in [0.05, 0.1) is 22.3 Å². The Morgan fingerprint density at radius 2 is 1.71 bits per heavy atom. The topological polar surface area (TPSA) is 81.1 Å². The fraction of sp³-hybridized carbons (Fsp3) is 0.286. The molecule has 7 heteroatoms. The molecular weight excluding hydrogens is 465 g/mol. The van der Waals surface area contributed by atoms with E-state index in [4.69, 9.17) is 10.7 Å². The molecule has 0 unspecified atom stereocenters. The van der Waals surface area contributed by atoms with Crippen molar-refractivity contribution in [1.82, 2.24) is 9.55 Å². The smallest absolute Gasteiger partial charge is 0.250 e. The summed E-state index contributed by atoms with van der Waals surface area (Å²) in [6.45, 7) is 0. The molecule has 2 fully saturated rings. The first-order chi connectivity index (χ1) is 16.3. The van der Waals surface area contributed by atoms with Crippen molar-refractivity contribution in [1.29, 1.82) is 0 Å². The van der Waals surface area contributed by atoms with E-state index in [0.29, 0.717) is 46.6 Å². The van der Waals surface area contributed by atoms with Crippen LogP contribution in [0.4, 0.5) is 4.39 Å². The van der Waals surface area contributed by atoms with Gasteiger partial charge in [-0.05, 0) is 55.4 Å². The molecule has 2 aliphatic carbocycles. The van der Waals surface area contributed by atoms with Crippen LogP contribution in [-0.4, -0.2) is 20.3 Å². The third-order valence-corrected chi connectivity index (χ3v) is 7.58. The van der Waals surface area contributed by atoms with Crippen molar-refractivity contribution in [2.24, 2.45) is 18.7 Å². The SMILES string of the molecule is Cl.Cn1c(=O)ccc2nc(-c3ccc([C@]4(N)C[C@@](O)(C5CC5)C4)cc3)c(-c3ccccc3F)cc21. The molecule has 0 radical (unpaired) electrons. The van der Waals surface area contributed by atoms with Crippen LogP contribution in [0, 0.1) is 11.7 Å². The summed E-state index contributed by atoms with van der Waals surface area (Å²) in [5.41, 5.74) is 10.1. The van der Waals surface area contributed by atoms with E-state index >= 15 is 0 Å². The van der Waals surface area contributed by atoms with Crippen LogP contribution < -0.4 is 11.3 Å². The van der Waals surface area contributed by atoms with Crippen molar-refractivity contribution in [3.63, 3.8) is 0 Å². The van der Waals surface area contributed by atoms with Gasteiger partial charge in [-0.3, -0.25) is 4.79 Å². The Labute approximate surface area is 208 Å². The van der Waals surface area contributed by atoms with Crippen molar-refractivity contribution >= 4 is 23.4 Å². The minimum Gasteiger partial charge on any atom is -0.389 e. The Morgan fingerprint density at radius 3 is 2.37 bits per heavy atom. The number of aromatic nitrogens is 2. The lowest BCUT2D eigenvalue weighted by Gasteiger charge is -2.52. The number of nitrogens with zero attached hydrogens (tertiary/aromatic N) is 2. The number of nitrogens with two attached hydrogens (primary N) is 1. The van der Waals surface area contributed by atoms with Crippen LogP contribution >= 0.6 is 12.4 Å². The van der Waals surface area contributed by atoms with Crippen molar-refractivity contribution in [2.45, 2.75) is 36.8 Å². The maximum atomic E-state index is 14.8. The van der Waals surface area contributed by atoms with Crippen molar-refractivity contribution in [3.8, 4) is 22.4 Å². The summed E-state index contributed by atoms with van der Waals surface area (Å²) in [7, 11) is 1.69. The van der Waals surface area contributed by atoms with Gasteiger partial charge in [-0.1, -0.05) is 42.5 Å². The maximum Gasteiger partial charge on any atom is 0.250 e. The molecule has 0 saturated heterocycles. The number of halogens is 2. The lowest BCUT2D eigenvalue weighted by atomic mass is 9.60. The second-order valence-corrected chi connectivity index (χ2v) is 9.96. The van der Waals surface area contributed by atoms with E-state index in [9.17, 15) is 14.3 Å². The van der Waals surface area contributed by atoms with Gasteiger partial charge in [-0.15, -0.1) is 12.4 Å². The highest BCUT2D eigenvalue weighted by Gasteiger charge is 2.58. The molecule has 2 aromatic carbocycles. The zero-order valence-corrected chi connectivity index (χ0v) is 20.2. The van der Waals surface area contributed by atoms with Gasteiger partial charge in [0.2, 0.25) is 0 Å². The summed E-state index contributed by atoms with van der Waals surface area (Å²) in [4.78, 5) is 17.0. The highest BCUT2D eigenvalue weighted by atomic mass is 35.5. The third-order valence-electron chi connectivity index (χ3n) is 7.58. The van der Waals surface area contributed by atoms with Crippen LogP contribution in [0.5, 0.6) is 0 Å². The van der Waals surface area contributed by atoms with Gasteiger partial charge < -0.3 is 15.4 Å². The number of aliphatic hydroxyl groups is 1. The van der Waals surface area contributed by atoms with Crippen molar-refractivity contribution < 1.29 is 9.50 Å². The fourth-order valence-electron chi connectivity index (χ4n) is 5.51. The average molecular weight is 492 g/mol. The Bertz CT molecular complexity index is 1490. The number of pyridine rings is 2. The Balaban J connectivity index is 0.00000253. The molecule has 2 saturated carbocycles. The van der Waals surface area contributed by atoms with E-state index in [1.807, 2.05) is 30.3 Å². The van der Waals surface area contributed by atoms with Gasteiger partial charge in [0.25, 0.3) is 5.56 Å². The first-order valence-corrected chi connectivity index (χ1v) is 11.7. The number of benzene rings is 2. The molecular formula is C28H27ClFN3O2. The zero-order valence-electron chi connectivity index (χ0n) is 19.4. The minimum absolute atomic E-state index is 0. The number of rotatable bonds is 4. The molecule has 3 N–H and O–H groups in total. The summed E-state index contributed by atoms with van der Waals surface area (Å²) in [5, 5.41) is 10.8. The first kappa shape index (κ1) is 23.7. The number of fused-ring (bicyclic) bond motifs is 1. The normalized spacial score (nSPS) is 23.5. The third kappa shape index (κ3) is 3.86. The molecule has 180 valence electrons. The second-order valence-electron chi connectivity index (χ2n) is 9.96. The summed E-state index contributed by atoms with van der Waals surface area (Å²) < 4.78 is 16.4. The van der Waals surface area contributed by atoms with Crippen molar-refractivity contribution in [2.75, 3.05) is 0 Å². The molecule has 2 aliphatic rings. The quantitative estimate of drug-likeness (QED) is 0.424.